The molecule has 0 aliphatic rings. The molecule has 0 spiro atoms. The molecule has 0 amide bonds. The van der Waals surface area contributed by atoms with E-state index in [0.29, 0.717) is 0 Å². The summed E-state index contributed by atoms with van der Waals surface area (Å²) < 4.78 is 0. The first kappa shape index (κ1) is 13.5. The lowest BCUT2D eigenvalue weighted by molar-refractivity contribution is 0.0920. The first-order valence-corrected chi connectivity index (χ1v) is 4.29. The zero-order chi connectivity index (χ0) is 8.95. The quantitative estimate of drug-likeness (QED) is 0.470. The molecule has 0 rings (SSSR count). The third-order valence-corrected chi connectivity index (χ3v) is 0.996. The molecule has 0 radical (unpaired) electrons. The number of nitrogens with one attached hydrogen (secondary N) is 2. The van der Waals surface area contributed by atoms with Crippen molar-refractivity contribution in [3.8, 4) is 0 Å². The van der Waals surface area contributed by atoms with E-state index in [1.54, 1.807) is 7.11 Å². The monoisotopic (exact) mass is 162 g/mol. The third-order valence-electron chi connectivity index (χ3n) is 0.996. The topological polar surface area (TPSA) is 33.3 Å². The highest BCUT2D eigenvalue weighted by Crippen LogP contribution is 1.65. The Morgan fingerprint density at radius 2 is 1.64 bits per heavy atom. The third kappa shape index (κ3) is 25.8. The molecule has 0 aliphatic heterocycles. The molecule has 0 aromatic heterocycles. The van der Waals surface area contributed by atoms with Crippen LogP contribution in [0, 0.1) is 0 Å². The summed E-state index contributed by atoms with van der Waals surface area (Å²) in [4.78, 5) is 4.53. The molecule has 3 nitrogen and oxygen atoms in total. The molecule has 0 atom stereocenters. The Kier molecular flexibility index (Phi) is 20.2. The van der Waals surface area contributed by atoms with Gasteiger partial charge in [0.05, 0.1) is 7.11 Å². The van der Waals surface area contributed by atoms with E-state index in [2.05, 4.69) is 36.4 Å². The average molecular weight is 162 g/mol. The average Bonchev–Trinajstić information content (AvgIpc) is 2.04. The number of hydrogen-bond acceptors (Lipinski definition) is 3. The van der Waals surface area contributed by atoms with Crippen molar-refractivity contribution in [2.45, 2.75) is 27.2 Å². The van der Waals surface area contributed by atoms with Gasteiger partial charge in [0, 0.05) is 6.54 Å². The second kappa shape index (κ2) is 16.5. The lowest BCUT2D eigenvalue weighted by Gasteiger charge is -1.93. The summed E-state index contributed by atoms with van der Waals surface area (Å²) in [6.07, 6.45) is 1.12. The van der Waals surface area contributed by atoms with E-state index in [0.717, 1.165) is 26.1 Å². The smallest absolute Gasteiger partial charge is 0.0572 e. The van der Waals surface area contributed by atoms with Crippen LogP contribution in [0.25, 0.3) is 0 Å². The van der Waals surface area contributed by atoms with Crippen LogP contribution in [-0.2, 0) is 4.84 Å². The van der Waals surface area contributed by atoms with Crippen LogP contribution in [0.3, 0.4) is 0 Å². The Labute approximate surface area is 70.5 Å². The summed E-state index contributed by atoms with van der Waals surface area (Å²) in [6.45, 7) is 9.42. The number of rotatable bonds is 5. The zero-order valence-corrected chi connectivity index (χ0v) is 8.24. The summed E-state index contributed by atoms with van der Waals surface area (Å²) in [5.74, 6) is 0. The van der Waals surface area contributed by atoms with Crippen molar-refractivity contribution in [1.29, 1.82) is 0 Å². The van der Waals surface area contributed by atoms with Gasteiger partial charge in [0.25, 0.3) is 0 Å². The van der Waals surface area contributed by atoms with Gasteiger partial charge in [-0.2, -0.15) is 0 Å². The second-order valence-electron chi connectivity index (χ2n) is 2.06. The van der Waals surface area contributed by atoms with Gasteiger partial charge in [0.15, 0.2) is 0 Å². The largest absolute Gasteiger partial charge is 0.317 e. The highest BCUT2D eigenvalue weighted by Gasteiger charge is 1.71. The fourth-order valence-corrected chi connectivity index (χ4v) is 0.454. The standard InChI is InChI=1S/C4H11NO.C4H11N/c1-3-4-5-6-2;1-3-5-4-2/h5H,3-4H2,1-2H3;5H,3-4H2,1-2H3. The zero-order valence-electron chi connectivity index (χ0n) is 8.24. The van der Waals surface area contributed by atoms with E-state index < -0.39 is 0 Å². The molecule has 0 heterocycles. The Morgan fingerprint density at radius 1 is 1.09 bits per heavy atom. The van der Waals surface area contributed by atoms with Crippen LogP contribution >= 0.6 is 0 Å². The van der Waals surface area contributed by atoms with E-state index in [1.807, 2.05) is 0 Å². The summed E-state index contributed by atoms with van der Waals surface area (Å²) >= 11 is 0. The van der Waals surface area contributed by atoms with Crippen molar-refractivity contribution in [2.24, 2.45) is 0 Å². The van der Waals surface area contributed by atoms with Crippen LogP contribution in [0.1, 0.15) is 27.2 Å². The van der Waals surface area contributed by atoms with E-state index in [-0.39, 0.29) is 0 Å². The van der Waals surface area contributed by atoms with E-state index >= 15 is 0 Å². The van der Waals surface area contributed by atoms with Gasteiger partial charge < -0.3 is 10.2 Å². The molecule has 0 aromatic carbocycles. The fourth-order valence-electron chi connectivity index (χ4n) is 0.454. The lowest BCUT2D eigenvalue weighted by atomic mass is 10.5. The van der Waals surface area contributed by atoms with Gasteiger partial charge >= 0.3 is 0 Å². The highest BCUT2D eigenvalue weighted by atomic mass is 16.6. The van der Waals surface area contributed by atoms with Crippen molar-refractivity contribution in [1.82, 2.24) is 10.8 Å². The van der Waals surface area contributed by atoms with Gasteiger partial charge in [-0.1, -0.05) is 20.8 Å². The Morgan fingerprint density at radius 3 is 1.73 bits per heavy atom. The van der Waals surface area contributed by atoms with Crippen LogP contribution in [0.5, 0.6) is 0 Å². The predicted octanol–water partition coefficient (Wildman–Crippen LogP) is 1.16. The molecular weight excluding hydrogens is 140 g/mol. The Hall–Kier alpha value is -0.120. The van der Waals surface area contributed by atoms with Crippen LogP contribution in [0.4, 0.5) is 0 Å². The minimum absolute atomic E-state index is 0.941. The molecule has 2 N–H and O–H groups in total. The van der Waals surface area contributed by atoms with Gasteiger partial charge in [-0.05, 0) is 19.5 Å². The molecule has 3 heteroatoms. The lowest BCUT2D eigenvalue weighted by Crippen LogP contribution is -2.11. The number of hydrogen-bond donors (Lipinski definition) is 2. The molecule has 0 aromatic rings. The Balaban J connectivity index is 0. The fraction of sp³-hybridized carbons (Fsp3) is 1.00. The molecular formula is C8H22N2O. The molecule has 70 valence electrons. The normalized spacial score (nSPS) is 8.73. The molecule has 0 saturated heterocycles. The van der Waals surface area contributed by atoms with Crippen molar-refractivity contribution >= 4 is 0 Å². The van der Waals surface area contributed by atoms with E-state index in [9.17, 15) is 0 Å². The molecule has 0 fully saturated rings. The van der Waals surface area contributed by atoms with Gasteiger partial charge in [0.1, 0.15) is 0 Å². The minimum atomic E-state index is 0.941. The first-order chi connectivity index (χ1) is 5.33. The molecule has 0 saturated carbocycles. The van der Waals surface area contributed by atoms with Gasteiger partial charge in [-0.3, -0.25) is 0 Å². The van der Waals surface area contributed by atoms with Crippen LogP contribution in [-0.4, -0.2) is 26.7 Å². The first-order valence-electron chi connectivity index (χ1n) is 4.29. The van der Waals surface area contributed by atoms with Crippen LogP contribution in [0.2, 0.25) is 0 Å². The van der Waals surface area contributed by atoms with Gasteiger partial charge in [-0.15, -0.1) is 0 Å². The molecule has 0 aliphatic carbocycles. The maximum atomic E-state index is 4.53. The maximum absolute atomic E-state index is 4.53. The summed E-state index contributed by atoms with van der Waals surface area (Å²) in [7, 11) is 1.62. The van der Waals surface area contributed by atoms with Crippen molar-refractivity contribution in [3.05, 3.63) is 0 Å². The Bertz CT molecular complexity index is 45.4. The molecule has 11 heavy (non-hydrogen) atoms. The summed E-state index contributed by atoms with van der Waals surface area (Å²) in [6, 6.07) is 0. The SMILES string of the molecule is CCCNOC.CCNCC. The number of hydroxylamine groups is 1. The van der Waals surface area contributed by atoms with E-state index in [1.165, 1.54) is 0 Å². The molecule has 0 unspecified atom stereocenters. The minimum Gasteiger partial charge on any atom is -0.317 e. The highest BCUT2D eigenvalue weighted by molar-refractivity contribution is 4.27. The van der Waals surface area contributed by atoms with Crippen molar-refractivity contribution in [3.63, 3.8) is 0 Å². The van der Waals surface area contributed by atoms with Crippen LogP contribution < -0.4 is 10.8 Å². The molecule has 0 bridgehead atoms. The summed E-state index contributed by atoms with van der Waals surface area (Å²) in [5, 5.41) is 3.11. The van der Waals surface area contributed by atoms with Crippen molar-refractivity contribution in [2.75, 3.05) is 26.7 Å². The summed E-state index contributed by atoms with van der Waals surface area (Å²) in [5.41, 5.74) is 2.70. The van der Waals surface area contributed by atoms with E-state index in [4.69, 9.17) is 0 Å². The van der Waals surface area contributed by atoms with Gasteiger partial charge in [0.2, 0.25) is 0 Å². The second-order valence-corrected chi connectivity index (χ2v) is 2.06. The van der Waals surface area contributed by atoms with Gasteiger partial charge in [-0.25, -0.2) is 5.48 Å². The van der Waals surface area contributed by atoms with Crippen molar-refractivity contribution < 1.29 is 4.84 Å². The van der Waals surface area contributed by atoms with Crippen LogP contribution in [0.15, 0.2) is 0 Å². The predicted molar refractivity (Wildman–Crippen MR) is 49.5 cm³/mol. The maximum Gasteiger partial charge on any atom is 0.0572 e.